The Morgan fingerprint density at radius 3 is 2.60 bits per heavy atom. The molecule has 3 rings (SSSR count). The maximum absolute atomic E-state index is 12.3. The molecule has 0 amide bonds. The summed E-state index contributed by atoms with van der Waals surface area (Å²) in [4.78, 5) is 12.3. The molecule has 0 N–H and O–H groups in total. The van der Waals surface area contributed by atoms with E-state index in [0.29, 0.717) is 22.6 Å². The van der Waals surface area contributed by atoms with E-state index < -0.39 is 0 Å². The third kappa shape index (κ3) is 4.02. The lowest BCUT2D eigenvalue weighted by Gasteiger charge is -2.09. The number of hydrogen-bond donors (Lipinski definition) is 0. The number of Topliss-reactive ketones (excluding diaryl/α,β-unsaturated/α-hetero) is 1. The fraction of sp³-hybridized carbons (Fsp3) is 0.316. The van der Waals surface area contributed by atoms with E-state index in [1.807, 2.05) is 31.2 Å². The van der Waals surface area contributed by atoms with E-state index in [9.17, 15) is 4.79 Å². The van der Waals surface area contributed by atoms with Crippen LogP contribution in [0.15, 0.2) is 50.7 Å². The largest absolute Gasteiger partial charge is 0.469 e. The zero-order chi connectivity index (χ0) is 17.8. The van der Waals surface area contributed by atoms with E-state index in [4.69, 9.17) is 8.83 Å². The van der Waals surface area contributed by atoms with Gasteiger partial charge in [0.1, 0.15) is 5.76 Å². The number of carbonyl (C=O) groups excluding carboxylic acids is 1. The van der Waals surface area contributed by atoms with Crippen molar-refractivity contribution < 1.29 is 13.6 Å². The van der Waals surface area contributed by atoms with E-state index in [-0.39, 0.29) is 11.5 Å². The number of benzene rings is 1. The first-order valence-corrected chi connectivity index (χ1v) is 9.21. The third-order valence-corrected chi connectivity index (χ3v) is 5.05. The number of furan rings is 1. The standard InChI is InChI=1S/C19H20N2O3S/c1-4-12(2)14-5-7-15(8-6-14)17(22)11-25-19-21-20-18(24-19)16-9-10-23-13(16)3/h5-10,12H,4,11H2,1-3H3/t12-/m1/s1. The van der Waals surface area contributed by atoms with Crippen LogP contribution in [0.5, 0.6) is 0 Å². The Kier molecular flexibility index (Phi) is 5.38. The van der Waals surface area contributed by atoms with E-state index in [2.05, 4.69) is 24.0 Å². The second kappa shape index (κ2) is 7.70. The van der Waals surface area contributed by atoms with Gasteiger partial charge in [0, 0.05) is 5.56 Å². The van der Waals surface area contributed by atoms with Crippen LogP contribution in [0.25, 0.3) is 11.5 Å². The molecule has 0 bridgehead atoms. The minimum atomic E-state index is 0.0416. The molecule has 2 heterocycles. The van der Waals surface area contributed by atoms with Gasteiger partial charge in [0.2, 0.25) is 0 Å². The molecule has 3 aromatic rings. The van der Waals surface area contributed by atoms with Crippen LogP contribution in [0.1, 0.15) is 47.9 Å². The molecule has 1 aromatic carbocycles. The van der Waals surface area contributed by atoms with Crippen molar-refractivity contribution in [3.8, 4) is 11.5 Å². The molecule has 6 heteroatoms. The quantitative estimate of drug-likeness (QED) is 0.432. The zero-order valence-corrected chi connectivity index (χ0v) is 15.3. The van der Waals surface area contributed by atoms with Crippen LogP contribution in [-0.2, 0) is 0 Å². The number of aromatic nitrogens is 2. The highest BCUT2D eigenvalue weighted by Crippen LogP contribution is 2.27. The fourth-order valence-electron chi connectivity index (χ4n) is 2.43. The van der Waals surface area contributed by atoms with Gasteiger partial charge in [-0.15, -0.1) is 10.2 Å². The smallest absolute Gasteiger partial charge is 0.277 e. The Bertz CT molecular complexity index is 852. The first-order chi connectivity index (χ1) is 12.1. The van der Waals surface area contributed by atoms with Gasteiger partial charge in [0.15, 0.2) is 5.78 Å². The van der Waals surface area contributed by atoms with Gasteiger partial charge in [0.05, 0.1) is 17.6 Å². The van der Waals surface area contributed by atoms with Crippen molar-refractivity contribution in [3.63, 3.8) is 0 Å². The van der Waals surface area contributed by atoms with Gasteiger partial charge >= 0.3 is 0 Å². The van der Waals surface area contributed by atoms with Crippen LogP contribution in [-0.4, -0.2) is 21.7 Å². The number of aryl methyl sites for hydroxylation is 1. The Balaban J connectivity index is 1.61. The summed E-state index contributed by atoms with van der Waals surface area (Å²) in [5, 5.41) is 8.36. The molecule has 130 valence electrons. The van der Waals surface area contributed by atoms with Gasteiger partial charge in [-0.25, -0.2) is 0 Å². The molecule has 0 unspecified atom stereocenters. The average molecular weight is 356 g/mol. The lowest BCUT2D eigenvalue weighted by atomic mass is 9.97. The van der Waals surface area contributed by atoms with Crippen molar-refractivity contribution in [1.29, 1.82) is 0 Å². The molecule has 0 aliphatic heterocycles. The van der Waals surface area contributed by atoms with Crippen molar-refractivity contribution in [2.24, 2.45) is 0 Å². The molecule has 2 aromatic heterocycles. The number of carbonyl (C=O) groups is 1. The Hall–Kier alpha value is -2.34. The second-order valence-corrected chi connectivity index (χ2v) is 6.83. The summed E-state index contributed by atoms with van der Waals surface area (Å²) < 4.78 is 10.8. The van der Waals surface area contributed by atoms with Crippen LogP contribution in [0.2, 0.25) is 0 Å². The minimum absolute atomic E-state index is 0.0416. The van der Waals surface area contributed by atoms with Crippen LogP contribution >= 0.6 is 11.8 Å². The number of thioether (sulfide) groups is 1. The number of ketones is 1. The number of hydrogen-bond acceptors (Lipinski definition) is 6. The molecule has 0 radical (unpaired) electrons. The third-order valence-electron chi connectivity index (χ3n) is 4.24. The van der Waals surface area contributed by atoms with Crippen LogP contribution in [0, 0.1) is 6.92 Å². The maximum Gasteiger partial charge on any atom is 0.277 e. The van der Waals surface area contributed by atoms with Gasteiger partial charge in [-0.1, -0.05) is 49.9 Å². The van der Waals surface area contributed by atoms with Crippen LogP contribution in [0.4, 0.5) is 0 Å². The van der Waals surface area contributed by atoms with Crippen molar-refractivity contribution >= 4 is 17.5 Å². The lowest BCUT2D eigenvalue weighted by molar-refractivity contribution is 0.102. The van der Waals surface area contributed by atoms with Gasteiger partial charge in [-0.2, -0.15) is 0 Å². The summed E-state index contributed by atoms with van der Waals surface area (Å²) in [7, 11) is 0. The molecule has 25 heavy (non-hydrogen) atoms. The Labute approximate surface area is 150 Å². The summed E-state index contributed by atoms with van der Waals surface area (Å²) in [5.74, 6) is 1.92. The molecule has 1 atom stereocenters. The summed E-state index contributed by atoms with van der Waals surface area (Å²) >= 11 is 1.24. The second-order valence-electron chi connectivity index (χ2n) is 5.91. The summed E-state index contributed by atoms with van der Waals surface area (Å²) in [6.07, 6.45) is 2.66. The average Bonchev–Trinajstić information content (AvgIpc) is 3.27. The van der Waals surface area contributed by atoms with Gasteiger partial charge in [0.25, 0.3) is 11.1 Å². The number of rotatable bonds is 7. The molecule has 0 spiro atoms. The molecular weight excluding hydrogens is 336 g/mol. The normalized spacial score (nSPS) is 12.3. The lowest BCUT2D eigenvalue weighted by Crippen LogP contribution is -2.03. The fourth-order valence-corrected chi connectivity index (χ4v) is 3.09. The molecular formula is C19H20N2O3S. The molecule has 0 saturated heterocycles. The molecule has 0 aliphatic rings. The Morgan fingerprint density at radius 1 is 1.20 bits per heavy atom. The summed E-state index contributed by atoms with van der Waals surface area (Å²) in [6.45, 7) is 6.17. The maximum atomic E-state index is 12.3. The highest BCUT2D eigenvalue weighted by molar-refractivity contribution is 7.99. The van der Waals surface area contributed by atoms with Crippen molar-refractivity contribution in [1.82, 2.24) is 10.2 Å². The minimum Gasteiger partial charge on any atom is -0.469 e. The van der Waals surface area contributed by atoms with Gasteiger partial charge in [-0.3, -0.25) is 4.79 Å². The molecule has 0 fully saturated rings. The van der Waals surface area contributed by atoms with Crippen LogP contribution < -0.4 is 0 Å². The predicted molar refractivity (Wildman–Crippen MR) is 96.9 cm³/mol. The highest BCUT2D eigenvalue weighted by atomic mass is 32.2. The topological polar surface area (TPSA) is 69.1 Å². The van der Waals surface area contributed by atoms with Gasteiger partial charge in [-0.05, 0) is 30.9 Å². The Morgan fingerprint density at radius 2 is 1.96 bits per heavy atom. The first kappa shape index (κ1) is 17.5. The number of nitrogens with zero attached hydrogens (tertiary/aromatic N) is 2. The summed E-state index contributed by atoms with van der Waals surface area (Å²) in [5.41, 5.74) is 2.72. The van der Waals surface area contributed by atoms with Crippen molar-refractivity contribution in [2.75, 3.05) is 5.75 Å². The van der Waals surface area contributed by atoms with E-state index >= 15 is 0 Å². The van der Waals surface area contributed by atoms with Crippen molar-refractivity contribution in [2.45, 2.75) is 38.3 Å². The first-order valence-electron chi connectivity index (χ1n) is 8.22. The predicted octanol–water partition coefficient (Wildman–Crippen LogP) is 5.13. The zero-order valence-electron chi connectivity index (χ0n) is 14.5. The van der Waals surface area contributed by atoms with E-state index in [1.54, 1.807) is 12.3 Å². The SMILES string of the molecule is CC[C@@H](C)c1ccc(C(=O)CSc2nnc(-c3ccoc3C)o2)cc1. The monoisotopic (exact) mass is 356 g/mol. The van der Waals surface area contributed by atoms with E-state index in [0.717, 1.165) is 17.7 Å². The molecule has 5 nitrogen and oxygen atoms in total. The highest BCUT2D eigenvalue weighted by Gasteiger charge is 2.15. The molecule has 0 aliphatic carbocycles. The van der Waals surface area contributed by atoms with Crippen LogP contribution in [0.3, 0.4) is 0 Å². The molecule has 0 saturated carbocycles. The van der Waals surface area contributed by atoms with Crippen molar-refractivity contribution in [3.05, 3.63) is 53.5 Å². The summed E-state index contributed by atoms with van der Waals surface area (Å²) in [6, 6.07) is 9.61. The van der Waals surface area contributed by atoms with E-state index in [1.165, 1.54) is 17.3 Å². The van der Waals surface area contributed by atoms with Gasteiger partial charge < -0.3 is 8.83 Å².